The number of carbonyl (C=O) groups is 1. The molecule has 0 aliphatic carbocycles. The average molecular weight is 321 g/mol. The van der Waals surface area contributed by atoms with E-state index in [4.69, 9.17) is 25.8 Å². The minimum atomic E-state index is -0.0240. The number of halogens is 1. The molecule has 0 radical (unpaired) electrons. The summed E-state index contributed by atoms with van der Waals surface area (Å²) in [6.07, 6.45) is 0.304. The Kier molecular flexibility index (Phi) is 5.67. The lowest BCUT2D eigenvalue weighted by molar-refractivity contribution is -0.120. The van der Waals surface area contributed by atoms with E-state index < -0.39 is 0 Å². The molecule has 0 saturated carbocycles. The summed E-state index contributed by atoms with van der Waals surface area (Å²) in [5.74, 6) is 1.73. The van der Waals surface area contributed by atoms with Crippen LogP contribution in [0.15, 0.2) is 42.5 Å². The van der Waals surface area contributed by atoms with E-state index in [1.165, 1.54) is 0 Å². The molecule has 0 unspecified atom stereocenters. The Morgan fingerprint density at radius 1 is 0.955 bits per heavy atom. The molecule has 0 fully saturated rings. The monoisotopic (exact) mass is 320 g/mol. The first-order chi connectivity index (χ1) is 10.6. The molecule has 4 nitrogen and oxygen atoms in total. The number of hydrogen-bond acceptors (Lipinski definition) is 4. The molecule has 2 aromatic rings. The van der Waals surface area contributed by atoms with Gasteiger partial charge >= 0.3 is 0 Å². The van der Waals surface area contributed by atoms with E-state index in [0.29, 0.717) is 28.7 Å². The van der Waals surface area contributed by atoms with Gasteiger partial charge in [0.1, 0.15) is 23.9 Å². The molecule has 0 aliphatic heterocycles. The highest BCUT2D eigenvalue weighted by molar-refractivity contribution is 6.30. The van der Waals surface area contributed by atoms with Crippen molar-refractivity contribution >= 4 is 17.4 Å². The SMILES string of the molecule is COc1cc(OC)cc(OCC(=O)Cc2ccc(Cl)cc2)c1. The van der Waals surface area contributed by atoms with Crippen LogP contribution in [0.2, 0.25) is 5.02 Å². The summed E-state index contributed by atoms with van der Waals surface area (Å²) >= 11 is 5.81. The van der Waals surface area contributed by atoms with Crippen LogP contribution in [0.1, 0.15) is 5.56 Å². The first kappa shape index (κ1) is 16.2. The van der Waals surface area contributed by atoms with Crippen LogP contribution in [0.4, 0.5) is 0 Å². The summed E-state index contributed by atoms with van der Waals surface area (Å²) in [5, 5.41) is 0.649. The number of Topliss-reactive ketones (excluding diaryl/α,β-unsaturated/α-hetero) is 1. The largest absolute Gasteiger partial charge is 0.496 e. The molecule has 0 saturated heterocycles. The van der Waals surface area contributed by atoms with Crippen molar-refractivity contribution in [2.45, 2.75) is 6.42 Å². The van der Waals surface area contributed by atoms with E-state index in [0.717, 1.165) is 5.56 Å². The Morgan fingerprint density at radius 3 is 2.05 bits per heavy atom. The molecule has 22 heavy (non-hydrogen) atoms. The van der Waals surface area contributed by atoms with E-state index in [-0.39, 0.29) is 12.4 Å². The molecule has 0 spiro atoms. The van der Waals surface area contributed by atoms with E-state index in [2.05, 4.69) is 0 Å². The van der Waals surface area contributed by atoms with Gasteiger partial charge in [-0.25, -0.2) is 0 Å². The molecule has 0 bridgehead atoms. The Bertz CT molecular complexity index is 615. The van der Waals surface area contributed by atoms with Gasteiger partial charge in [-0.05, 0) is 17.7 Å². The van der Waals surface area contributed by atoms with Crippen LogP contribution in [0, 0.1) is 0 Å². The number of hydrogen-bond donors (Lipinski definition) is 0. The van der Waals surface area contributed by atoms with Crippen LogP contribution < -0.4 is 14.2 Å². The topological polar surface area (TPSA) is 44.8 Å². The fourth-order valence-corrected chi connectivity index (χ4v) is 2.04. The lowest BCUT2D eigenvalue weighted by atomic mass is 10.1. The third-order valence-corrected chi connectivity index (χ3v) is 3.29. The lowest BCUT2D eigenvalue weighted by Gasteiger charge is -2.10. The normalized spacial score (nSPS) is 10.1. The van der Waals surface area contributed by atoms with Crippen LogP contribution in [0.5, 0.6) is 17.2 Å². The zero-order valence-corrected chi connectivity index (χ0v) is 13.2. The number of carbonyl (C=O) groups excluding carboxylic acids is 1. The van der Waals surface area contributed by atoms with Gasteiger partial charge in [0, 0.05) is 29.6 Å². The van der Waals surface area contributed by atoms with E-state index in [9.17, 15) is 4.79 Å². The minimum Gasteiger partial charge on any atom is -0.496 e. The average Bonchev–Trinajstić information content (AvgIpc) is 2.54. The lowest BCUT2D eigenvalue weighted by Crippen LogP contribution is -2.13. The maximum absolute atomic E-state index is 12.0. The van der Waals surface area contributed by atoms with Crippen molar-refractivity contribution < 1.29 is 19.0 Å². The number of ether oxygens (including phenoxy) is 3. The van der Waals surface area contributed by atoms with Crippen molar-refractivity contribution in [3.8, 4) is 17.2 Å². The van der Waals surface area contributed by atoms with Crippen LogP contribution >= 0.6 is 11.6 Å². The Hall–Kier alpha value is -2.20. The number of rotatable bonds is 7. The minimum absolute atomic E-state index is 0.0149. The van der Waals surface area contributed by atoms with Crippen molar-refractivity contribution in [3.05, 3.63) is 53.1 Å². The quantitative estimate of drug-likeness (QED) is 0.782. The summed E-state index contributed by atoms with van der Waals surface area (Å²) in [6.45, 7) is -0.0149. The Morgan fingerprint density at radius 2 is 1.50 bits per heavy atom. The van der Waals surface area contributed by atoms with Crippen LogP contribution in [-0.4, -0.2) is 26.6 Å². The van der Waals surface area contributed by atoms with Gasteiger partial charge in [-0.2, -0.15) is 0 Å². The van der Waals surface area contributed by atoms with Gasteiger partial charge in [0.25, 0.3) is 0 Å². The smallest absolute Gasteiger partial charge is 0.174 e. The molecular weight excluding hydrogens is 304 g/mol. The van der Waals surface area contributed by atoms with Gasteiger partial charge in [0.05, 0.1) is 14.2 Å². The molecular formula is C17H17ClO4. The summed E-state index contributed by atoms with van der Waals surface area (Å²) < 4.78 is 15.8. The van der Waals surface area contributed by atoms with Gasteiger partial charge in [0.15, 0.2) is 5.78 Å². The second-order valence-corrected chi connectivity index (χ2v) is 5.12. The molecule has 2 aromatic carbocycles. The molecule has 0 aromatic heterocycles. The number of methoxy groups -OCH3 is 2. The highest BCUT2D eigenvalue weighted by atomic mass is 35.5. The summed E-state index contributed by atoms with van der Waals surface area (Å²) in [7, 11) is 3.12. The standard InChI is InChI=1S/C17H17ClO4/c1-20-15-8-16(21-2)10-17(9-15)22-11-14(19)7-12-3-5-13(18)6-4-12/h3-6,8-10H,7,11H2,1-2H3. The van der Waals surface area contributed by atoms with Crippen molar-refractivity contribution in [1.29, 1.82) is 0 Å². The molecule has 0 atom stereocenters. The van der Waals surface area contributed by atoms with Gasteiger partial charge in [-0.3, -0.25) is 4.79 Å². The van der Waals surface area contributed by atoms with Crippen LogP contribution in [0.25, 0.3) is 0 Å². The molecule has 0 N–H and O–H groups in total. The van der Waals surface area contributed by atoms with Crippen molar-refractivity contribution in [2.24, 2.45) is 0 Å². The number of benzene rings is 2. The van der Waals surface area contributed by atoms with Crippen molar-refractivity contribution in [1.82, 2.24) is 0 Å². The third kappa shape index (κ3) is 4.67. The Labute approximate surface area is 134 Å². The van der Waals surface area contributed by atoms with Crippen LogP contribution in [-0.2, 0) is 11.2 Å². The van der Waals surface area contributed by atoms with Gasteiger partial charge in [-0.15, -0.1) is 0 Å². The summed E-state index contributed by atoms with van der Waals surface area (Å²) in [5.41, 5.74) is 0.904. The second-order valence-electron chi connectivity index (χ2n) is 4.68. The Balaban J connectivity index is 1.94. The highest BCUT2D eigenvalue weighted by Crippen LogP contribution is 2.27. The third-order valence-electron chi connectivity index (χ3n) is 3.04. The molecule has 116 valence electrons. The maximum Gasteiger partial charge on any atom is 0.174 e. The molecule has 2 rings (SSSR count). The van der Waals surface area contributed by atoms with Crippen molar-refractivity contribution in [2.75, 3.05) is 20.8 Å². The number of ketones is 1. The zero-order chi connectivity index (χ0) is 15.9. The zero-order valence-electron chi connectivity index (χ0n) is 12.5. The molecule has 0 heterocycles. The highest BCUT2D eigenvalue weighted by Gasteiger charge is 2.07. The van der Waals surface area contributed by atoms with Gasteiger partial charge in [-0.1, -0.05) is 23.7 Å². The fourth-order valence-electron chi connectivity index (χ4n) is 1.91. The predicted molar refractivity (Wildman–Crippen MR) is 85.2 cm³/mol. The van der Waals surface area contributed by atoms with Gasteiger partial charge < -0.3 is 14.2 Å². The van der Waals surface area contributed by atoms with E-state index in [1.54, 1.807) is 44.6 Å². The first-order valence-corrected chi connectivity index (χ1v) is 7.10. The molecule has 0 aliphatic rings. The summed E-state index contributed by atoms with van der Waals surface area (Å²) in [6, 6.07) is 12.3. The molecule has 0 amide bonds. The van der Waals surface area contributed by atoms with Crippen LogP contribution in [0.3, 0.4) is 0 Å². The van der Waals surface area contributed by atoms with E-state index in [1.807, 2.05) is 12.1 Å². The van der Waals surface area contributed by atoms with Crippen molar-refractivity contribution in [3.63, 3.8) is 0 Å². The van der Waals surface area contributed by atoms with Gasteiger partial charge in [0.2, 0.25) is 0 Å². The van der Waals surface area contributed by atoms with E-state index >= 15 is 0 Å². The summed E-state index contributed by atoms with van der Waals surface area (Å²) in [4.78, 5) is 12.0. The molecule has 5 heteroatoms. The second kappa shape index (κ2) is 7.71. The predicted octanol–water partition coefficient (Wildman–Crippen LogP) is 3.55. The first-order valence-electron chi connectivity index (χ1n) is 6.72. The maximum atomic E-state index is 12.0. The fraction of sp³-hybridized carbons (Fsp3) is 0.235.